The van der Waals surface area contributed by atoms with Crippen molar-refractivity contribution in [1.82, 2.24) is 29.8 Å². The van der Waals surface area contributed by atoms with E-state index in [4.69, 9.17) is 4.98 Å². The van der Waals surface area contributed by atoms with Gasteiger partial charge in [-0.25, -0.2) is 15.0 Å². The number of aromatic nitrogens is 5. The first-order valence-electron chi connectivity index (χ1n) is 8.27. The highest BCUT2D eigenvalue weighted by Crippen LogP contribution is 2.22. The van der Waals surface area contributed by atoms with Crippen LogP contribution in [0.1, 0.15) is 24.2 Å². The van der Waals surface area contributed by atoms with Crippen LogP contribution in [0.3, 0.4) is 0 Å². The molecule has 1 fully saturated rings. The summed E-state index contributed by atoms with van der Waals surface area (Å²) in [5, 5.41) is 2.14. The smallest absolute Gasteiger partial charge is 0.157 e. The zero-order chi connectivity index (χ0) is 16.2. The molecule has 1 aliphatic heterocycles. The van der Waals surface area contributed by atoms with Crippen LogP contribution in [-0.4, -0.2) is 42.9 Å². The Labute approximate surface area is 145 Å². The molecule has 124 valence electrons. The predicted molar refractivity (Wildman–Crippen MR) is 93.4 cm³/mol. The van der Waals surface area contributed by atoms with Crippen LogP contribution in [-0.2, 0) is 13.0 Å². The van der Waals surface area contributed by atoms with E-state index in [-0.39, 0.29) is 0 Å². The van der Waals surface area contributed by atoms with Gasteiger partial charge in [-0.1, -0.05) is 0 Å². The molecule has 3 aromatic heterocycles. The molecule has 1 N–H and O–H groups in total. The molecule has 0 saturated carbocycles. The molecule has 0 bridgehead atoms. The number of imidazole rings is 1. The quantitative estimate of drug-likeness (QED) is 0.773. The zero-order valence-electron chi connectivity index (χ0n) is 13.4. The fraction of sp³-hybridized carbons (Fsp3) is 0.412. The first kappa shape index (κ1) is 15.4. The van der Waals surface area contributed by atoms with Crippen LogP contribution >= 0.6 is 11.3 Å². The molecule has 1 unspecified atom stereocenters. The molecule has 24 heavy (non-hydrogen) atoms. The Bertz CT molecular complexity index is 755. The number of nitrogens with one attached hydrogen (secondary N) is 1. The Morgan fingerprint density at radius 3 is 3.08 bits per heavy atom. The van der Waals surface area contributed by atoms with Crippen LogP contribution in [0, 0.1) is 5.92 Å². The molecule has 0 amide bonds. The average molecular weight is 340 g/mol. The average Bonchev–Trinajstić information content (AvgIpc) is 3.29. The van der Waals surface area contributed by atoms with Crippen molar-refractivity contribution in [1.29, 1.82) is 0 Å². The molecule has 0 aromatic carbocycles. The van der Waals surface area contributed by atoms with E-state index in [0.717, 1.165) is 43.3 Å². The van der Waals surface area contributed by atoms with E-state index in [0.29, 0.717) is 5.92 Å². The predicted octanol–water partition coefficient (Wildman–Crippen LogP) is 2.78. The van der Waals surface area contributed by atoms with Crippen LogP contribution in [0.4, 0.5) is 0 Å². The Hall–Kier alpha value is -2.12. The Balaban J connectivity index is 1.40. The van der Waals surface area contributed by atoms with Crippen molar-refractivity contribution >= 4 is 11.3 Å². The van der Waals surface area contributed by atoms with Gasteiger partial charge in [-0.15, -0.1) is 11.3 Å². The molecule has 4 heterocycles. The first-order valence-corrected chi connectivity index (χ1v) is 9.21. The van der Waals surface area contributed by atoms with E-state index in [1.165, 1.54) is 18.5 Å². The maximum atomic E-state index is 4.72. The zero-order valence-corrected chi connectivity index (χ0v) is 14.2. The number of rotatable bonds is 5. The minimum Gasteiger partial charge on any atom is -0.343 e. The molecule has 6 nitrogen and oxygen atoms in total. The van der Waals surface area contributed by atoms with Gasteiger partial charge in [0.25, 0.3) is 0 Å². The van der Waals surface area contributed by atoms with E-state index in [1.807, 2.05) is 11.7 Å². The van der Waals surface area contributed by atoms with E-state index in [2.05, 4.69) is 30.2 Å². The van der Waals surface area contributed by atoms with E-state index >= 15 is 0 Å². The fourth-order valence-corrected chi connectivity index (χ4v) is 3.88. The SMILES string of the molecule is c1c[nH]c(-c2cncc(CC3CCCN(Cc4cscn4)C3)n2)n1. The largest absolute Gasteiger partial charge is 0.343 e. The maximum absolute atomic E-state index is 4.72. The lowest BCUT2D eigenvalue weighted by Gasteiger charge is -2.32. The van der Waals surface area contributed by atoms with Gasteiger partial charge in [0.2, 0.25) is 0 Å². The molecule has 3 aromatic rings. The third kappa shape index (κ3) is 3.68. The maximum Gasteiger partial charge on any atom is 0.157 e. The highest BCUT2D eigenvalue weighted by Gasteiger charge is 2.21. The molecule has 0 aliphatic carbocycles. The molecular formula is C17H20N6S. The van der Waals surface area contributed by atoms with Gasteiger partial charge in [-0.3, -0.25) is 9.88 Å². The third-order valence-electron chi connectivity index (χ3n) is 4.40. The monoisotopic (exact) mass is 340 g/mol. The van der Waals surface area contributed by atoms with Gasteiger partial charge >= 0.3 is 0 Å². The summed E-state index contributed by atoms with van der Waals surface area (Å²) in [6.45, 7) is 3.22. The molecule has 0 radical (unpaired) electrons. The summed E-state index contributed by atoms with van der Waals surface area (Å²) in [7, 11) is 0. The second-order valence-electron chi connectivity index (χ2n) is 6.26. The molecule has 1 atom stereocenters. The lowest BCUT2D eigenvalue weighted by molar-refractivity contribution is 0.165. The first-order chi connectivity index (χ1) is 11.9. The Kier molecular flexibility index (Phi) is 4.62. The van der Waals surface area contributed by atoms with Crippen LogP contribution in [0.5, 0.6) is 0 Å². The number of nitrogens with zero attached hydrogens (tertiary/aromatic N) is 5. The molecule has 0 spiro atoms. The highest BCUT2D eigenvalue weighted by atomic mass is 32.1. The van der Waals surface area contributed by atoms with E-state index in [9.17, 15) is 0 Å². The number of aromatic amines is 1. The lowest BCUT2D eigenvalue weighted by atomic mass is 9.93. The Morgan fingerprint density at radius 1 is 1.25 bits per heavy atom. The molecule has 1 saturated heterocycles. The van der Waals surface area contributed by atoms with Crippen molar-refractivity contribution in [3.8, 4) is 11.5 Å². The van der Waals surface area contributed by atoms with Crippen molar-refractivity contribution in [2.45, 2.75) is 25.8 Å². The van der Waals surface area contributed by atoms with Gasteiger partial charge in [0.1, 0.15) is 5.69 Å². The minimum atomic E-state index is 0.624. The molecule has 4 rings (SSSR count). The van der Waals surface area contributed by atoms with Gasteiger partial charge < -0.3 is 4.98 Å². The summed E-state index contributed by atoms with van der Waals surface area (Å²) in [4.78, 5) is 23.3. The lowest BCUT2D eigenvalue weighted by Crippen LogP contribution is -2.35. The van der Waals surface area contributed by atoms with Crippen molar-refractivity contribution in [2.24, 2.45) is 5.92 Å². The van der Waals surface area contributed by atoms with Gasteiger partial charge in [-0.05, 0) is 31.7 Å². The number of hydrogen-bond donors (Lipinski definition) is 1. The highest BCUT2D eigenvalue weighted by molar-refractivity contribution is 7.07. The summed E-state index contributed by atoms with van der Waals surface area (Å²) >= 11 is 1.67. The topological polar surface area (TPSA) is 70.6 Å². The summed E-state index contributed by atoms with van der Waals surface area (Å²) in [6.07, 6.45) is 10.6. The van der Waals surface area contributed by atoms with Crippen molar-refractivity contribution in [3.05, 3.63) is 47.1 Å². The summed E-state index contributed by atoms with van der Waals surface area (Å²) in [5.74, 6) is 1.40. The number of thiazole rings is 1. The summed E-state index contributed by atoms with van der Waals surface area (Å²) < 4.78 is 0. The van der Waals surface area contributed by atoms with Crippen LogP contribution in [0.15, 0.2) is 35.7 Å². The van der Waals surface area contributed by atoms with Crippen molar-refractivity contribution < 1.29 is 0 Å². The standard InChI is InChI=1S/C17H20N6S/c1-2-13(9-23(5-1)10-15-11-24-12-21-15)6-14-7-18-8-16(22-14)17-19-3-4-20-17/h3-4,7-8,11-13H,1-2,5-6,9-10H2,(H,19,20). The second kappa shape index (κ2) is 7.19. The van der Waals surface area contributed by atoms with Crippen LogP contribution in [0.2, 0.25) is 0 Å². The number of hydrogen-bond acceptors (Lipinski definition) is 6. The number of H-pyrrole nitrogens is 1. The molecule has 7 heteroatoms. The molecule has 1 aliphatic rings. The number of piperidine rings is 1. The minimum absolute atomic E-state index is 0.624. The second-order valence-corrected chi connectivity index (χ2v) is 6.98. The van der Waals surface area contributed by atoms with Gasteiger partial charge in [0.05, 0.1) is 23.1 Å². The summed E-state index contributed by atoms with van der Waals surface area (Å²) in [6, 6.07) is 0. The van der Waals surface area contributed by atoms with E-state index in [1.54, 1.807) is 29.9 Å². The number of likely N-dealkylation sites (tertiary alicyclic amines) is 1. The summed E-state index contributed by atoms with van der Waals surface area (Å²) in [5.41, 5.74) is 4.95. The van der Waals surface area contributed by atoms with Crippen molar-refractivity contribution in [2.75, 3.05) is 13.1 Å². The van der Waals surface area contributed by atoms with Gasteiger partial charge in [-0.2, -0.15) is 0 Å². The van der Waals surface area contributed by atoms with Gasteiger partial charge in [0.15, 0.2) is 5.82 Å². The molecular weight excluding hydrogens is 320 g/mol. The van der Waals surface area contributed by atoms with E-state index < -0.39 is 0 Å². The van der Waals surface area contributed by atoms with Crippen LogP contribution in [0.25, 0.3) is 11.5 Å². The van der Waals surface area contributed by atoms with Gasteiger partial charge in [0, 0.05) is 37.1 Å². The van der Waals surface area contributed by atoms with Crippen LogP contribution < -0.4 is 0 Å². The fourth-order valence-electron chi connectivity index (χ4n) is 3.33. The van der Waals surface area contributed by atoms with Crippen molar-refractivity contribution in [3.63, 3.8) is 0 Å². The third-order valence-corrected chi connectivity index (χ3v) is 5.03. The Morgan fingerprint density at radius 2 is 2.25 bits per heavy atom. The normalized spacial score (nSPS) is 18.8.